The van der Waals surface area contributed by atoms with Crippen LogP contribution in [0.2, 0.25) is 5.02 Å². The normalized spacial score (nSPS) is 18.0. The molecule has 1 saturated carbocycles. The predicted octanol–water partition coefficient (Wildman–Crippen LogP) is 4.34. The van der Waals surface area contributed by atoms with E-state index in [4.69, 9.17) is 16.3 Å². The van der Waals surface area contributed by atoms with Gasteiger partial charge in [-0.1, -0.05) is 29.8 Å². The molecule has 6 heteroatoms. The zero-order valence-electron chi connectivity index (χ0n) is 16.8. The Morgan fingerprint density at radius 1 is 1.17 bits per heavy atom. The number of morpholine rings is 1. The van der Waals surface area contributed by atoms with Gasteiger partial charge in [-0.3, -0.25) is 9.69 Å². The smallest absolute Gasteiger partial charge is 0.238 e. The van der Waals surface area contributed by atoms with E-state index >= 15 is 0 Å². The number of carbonyl (C=O) groups excluding carboxylic acids is 1. The number of carbonyl (C=O) groups is 1. The number of amides is 1. The van der Waals surface area contributed by atoms with Crippen LogP contribution in [-0.2, 0) is 9.53 Å². The molecular formula is C23H28ClN3O2. The van der Waals surface area contributed by atoms with Crippen LogP contribution < -0.4 is 10.2 Å². The molecular weight excluding hydrogens is 386 g/mol. The van der Waals surface area contributed by atoms with E-state index in [1.165, 1.54) is 5.69 Å². The number of ether oxygens (including phenoxy) is 1. The van der Waals surface area contributed by atoms with Crippen LogP contribution in [0.15, 0.2) is 48.5 Å². The average molecular weight is 414 g/mol. The SMILES string of the molecule is CC(c1ccccc1Cl)N(CC(=O)Nc1ccc(N2CCOCC2)cc1)C1CC1. The monoisotopic (exact) mass is 413 g/mol. The van der Waals surface area contributed by atoms with Gasteiger partial charge >= 0.3 is 0 Å². The van der Waals surface area contributed by atoms with E-state index in [-0.39, 0.29) is 11.9 Å². The second kappa shape index (κ2) is 9.16. The lowest BCUT2D eigenvalue weighted by atomic mass is 10.1. The summed E-state index contributed by atoms with van der Waals surface area (Å²) in [6.45, 7) is 5.83. The molecule has 0 aromatic heterocycles. The standard InChI is InChI=1S/C23H28ClN3O2/c1-17(21-4-2-3-5-22(21)24)27(20-10-11-20)16-23(28)25-18-6-8-19(9-7-18)26-12-14-29-15-13-26/h2-9,17,20H,10-16H2,1H3,(H,25,28). The van der Waals surface area contributed by atoms with Gasteiger partial charge in [-0.2, -0.15) is 0 Å². The Hall–Kier alpha value is -2.08. The highest BCUT2D eigenvalue weighted by Gasteiger charge is 2.34. The number of halogens is 1. The molecule has 2 aromatic carbocycles. The summed E-state index contributed by atoms with van der Waals surface area (Å²) in [7, 11) is 0. The van der Waals surface area contributed by atoms with Crippen LogP contribution in [0.3, 0.4) is 0 Å². The second-order valence-electron chi connectivity index (χ2n) is 7.80. The number of benzene rings is 2. The Balaban J connectivity index is 1.38. The molecule has 1 saturated heterocycles. The lowest BCUT2D eigenvalue weighted by Crippen LogP contribution is -2.37. The summed E-state index contributed by atoms with van der Waals surface area (Å²) in [6, 6.07) is 16.5. The highest BCUT2D eigenvalue weighted by Crippen LogP contribution is 2.36. The van der Waals surface area contributed by atoms with Crippen LogP contribution in [0, 0.1) is 0 Å². The van der Waals surface area contributed by atoms with Gasteiger partial charge in [-0.25, -0.2) is 0 Å². The van der Waals surface area contributed by atoms with E-state index in [0.29, 0.717) is 12.6 Å². The molecule has 1 atom stereocenters. The fourth-order valence-electron chi connectivity index (χ4n) is 3.92. The molecule has 29 heavy (non-hydrogen) atoms. The first-order chi connectivity index (χ1) is 14.1. The van der Waals surface area contributed by atoms with Crippen molar-refractivity contribution in [3.8, 4) is 0 Å². The Labute approximate surface area is 177 Å². The number of hydrogen-bond donors (Lipinski definition) is 1. The van der Waals surface area contributed by atoms with Crippen LogP contribution >= 0.6 is 11.6 Å². The van der Waals surface area contributed by atoms with Crippen LogP contribution in [0.25, 0.3) is 0 Å². The van der Waals surface area contributed by atoms with Crippen LogP contribution in [-0.4, -0.2) is 49.7 Å². The number of nitrogens with one attached hydrogen (secondary N) is 1. The van der Waals surface area contributed by atoms with Gasteiger partial charge < -0.3 is 15.0 Å². The van der Waals surface area contributed by atoms with Gasteiger partial charge in [0.25, 0.3) is 0 Å². The van der Waals surface area contributed by atoms with E-state index < -0.39 is 0 Å². The summed E-state index contributed by atoms with van der Waals surface area (Å²) >= 11 is 6.39. The van der Waals surface area contributed by atoms with Gasteiger partial charge in [-0.15, -0.1) is 0 Å². The van der Waals surface area contributed by atoms with E-state index in [1.807, 2.05) is 36.4 Å². The van der Waals surface area contributed by atoms with Crippen LogP contribution in [0.1, 0.15) is 31.4 Å². The summed E-state index contributed by atoms with van der Waals surface area (Å²) in [5, 5.41) is 3.80. The topological polar surface area (TPSA) is 44.8 Å². The highest BCUT2D eigenvalue weighted by molar-refractivity contribution is 6.31. The van der Waals surface area contributed by atoms with Crippen molar-refractivity contribution >= 4 is 28.9 Å². The number of nitrogens with zero attached hydrogens (tertiary/aromatic N) is 2. The Morgan fingerprint density at radius 2 is 1.86 bits per heavy atom. The van der Waals surface area contributed by atoms with E-state index in [0.717, 1.165) is 55.4 Å². The zero-order valence-corrected chi connectivity index (χ0v) is 17.6. The molecule has 1 unspecified atom stereocenters. The fraction of sp³-hybridized carbons (Fsp3) is 0.435. The van der Waals surface area contributed by atoms with Gasteiger partial charge in [0, 0.05) is 41.6 Å². The summed E-state index contributed by atoms with van der Waals surface area (Å²) < 4.78 is 5.41. The van der Waals surface area contributed by atoms with Crippen molar-refractivity contribution in [3.05, 3.63) is 59.1 Å². The van der Waals surface area contributed by atoms with Crippen molar-refractivity contribution in [1.29, 1.82) is 0 Å². The van der Waals surface area contributed by atoms with Crippen LogP contribution in [0.5, 0.6) is 0 Å². The molecule has 2 fully saturated rings. The van der Waals surface area contributed by atoms with Crippen molar-refractivity contribution in [2.75, 3.05) is 43.1 Å². The van der Waals surface area contributed by atoms with Crippen LogP contribution in [0.4, 0.5) is 11.4 Å². The van der Waals surface area contributed by atoms with Gasteiger partial charge in [0.05, 0.1) is 19.8 Å². The van der Waals surface area contributed by atoms with Crippen molar-refractivity contribution in [2.45, 2.75) is 31.8 Å². The van der Waals surface area contributed by atoms with Gasteiger partial charge in [0.1, 0.15) is 0 Å². The molecule has 5 nitrogen and oxygen atoms in total. The molecule has 1 N–H and O–H groups in total. The van der Waals surface area contributed by atoms with E-state index in [2.05, 4.69) is 34.2 Å². The molecule has 1 aliphatic carbocycles. The second-order valence-corrected chi connectivity index (χ2v) is 8.20. The zero-order chi connectivity index (χ0) is 20.2. The van der Waals surface area contributed by atoms with Crippen molar-refractivity contribution in [1.82, 2.24) is 4.90 Å². The molecule has 4 rings (SSSR count). The summed E-state index contributed by atoms with van der Waals surface area (Å²) in [6.07, 6.45) is 2.27. The first kappa shape index (κ1) is 20.2. The molecule has 0 bridgehead atoms. The Kier molecular flexibility index (Phi) is 6.38. The van der Waals surface area contributed by atoms with Crippen molar-refractivity contribution < 1.29 is 9.53 Å². The lowest BCUT2D eigenvalue weighted by molar-refractivity contribution is -0.118. The maximum absolute atomic E-state index is 12.7. The minimum atomic E-state index is 0.00919. The fourth-order valence-corrected chi connectivity index (χ4v) is 4.22. The first-order valence-corrected chi connectivity index (χ1v) is 10.7. The number of rotatable bonds is 7. The summed E-state index contributed by atoms with van der Waals surface area (Å²) in [4.78, 5) is 17.3. The quantitative estimate of drug-likeness (QED) is 0.733. The Bertz CT molecular complexity index is 832. The maximum Gasteiger partial charge on any atom is 0.238 e. The third-order valence-electron chi connectivity index (χ3n) is 5.72. The molecule has 0 radical (unpaired) electrons. The molecule has 2 aromatic rings. The average Bonchev–Trinajstić information content (AvgIpc) is 3.58. The highest BCUT2D eigenvalue weighted by atomic mass is 35.5. The van der Waals surface area contributed by atoms with Crippen molar-refractivity contribution in [3.63, 3.8) is 0 Å². The van der Waals surface area contributed by atoms with Gasteiger partial charge in [0.2, 0.25) is 5.91 Å². The van der Waals surface area contributed by atoms with Gasteiger partial charge in [-0.05, 0) is 55.7 Å². The molecule has 2 aliphatic rings. The summed E-state index contributed by atoms with van der Waals surface area (Å²) in [5.41, 5.74) is 3.06. The van der Waals surface area contributed by atoms with Gasteiger partial charge in [0.15, 0.2) is 0 Å². The molecule has 1 heterocycles. The largest absolute Gasteiger partial charge is 0.378 e. The predicted molar refractivity (Wildman–Crippen MR) is 118 cm³/mol. The van der Waals surface area contributed by atoms with E-state index in [1.54, 1.807) is 0 Å². The minimum Gasteiger partial charge on any atom is -0.378 e. The maximum atomic E-state index is 12.7. The lowest BCUT2D eigenvalue weighted by Gasteiger charge is -2.30. The number of anilines is 2. The third kappa shape index (κ3) is 5.10. The Morgan fingerprint density at radius 3 is 2.52 bits per heavy atom. The molecule has 0 spiro atoms. The van der Waals surface area contributed by atoms with E-state index in [9.17, 15) is 4.79 Å². The first-order valence-electron chi connectivity index (χ1n) is 10.3. The molecule has 1 aliphatic heterocycles. The minimum absolute atomic E-state index is 0.00919. The van der Waals surface area contributed by atoms with Crippen molar-refractivity contribution in [2.24, 2.45) is 0 Å². The summed E-state index contributed by atoms with van der Waals surface area (Å²) in [5.74, 6) is 0.00919. The number of hydrogen-bond acceptors (Lipinski definition) is 4. The molecule has 154 valence electrons. The third-order valence-corrected chi connectivity index (χ3v) is 6.07. The molecule has 1 amide bonds.